The molecule has 0 radical (unpaired) electrons. The smallest absolute Gasteiger partial charge is 0.387 e. The van der Waals surface area contributed by atoms with Crippen LogP contribution in [0.1, 0.15) is 16.1 Å². The number of rotatable bonds is 5. The number of para-hydroxylation sites is 2. The molecule has 1 amide bonds. The van der Waals surface area contributed by atoms with E-state index < -0.39 is 6.61 Å². The molecule has 3 aromatic rings. The second-order valence-electron chi connectivity index (χ2n) is 4.94. The summed E-state index contributed by atoms with van der Waals surface area (Å²) in [5.74, 6) is -0.257. The minimum absolute atomic E-state index is 0.0550. The van der Waals surface area contributed by atoms with Gasteiger partial charge in [0.2, 0.25) is 0 Å². The Morgan fingerprint density at radius 3 is 2.65 bits per heavy atom. The lowest BCUT2D eigenvalue weighted by Gasteiger charge is -2.11. The van der Waals surface area contributed by atoms with Crippen molar-refractivity contribution in [3.05, 3.63) is 65.9 Å². The van der Waals surface area contributed by atoms with Gasteiger partial charge in [0.05, 0.1) is 0 Å². The van der Waals surface area contributed by atoms with E-state index in [9.17, 15) is 13.6 Å². The lowest BCUT2D eigenvalue weighted by molar-refractivity contribution is -0.0504. The number of aromatic amines is 1. The van der Waals surface area contributed by atoms with E-state index in [0.717, 1.165) is 10.9 Å². The normalized spacial score (nSPS) is 10.9. The molecule has 2 N–H and O–H groups in total. The van der Waals surface area contributed by atoms with Gasteiger partial charge in [0, 0.05) is 23.0 Å². The molecule has 23 heavy (non-hydrogen) atoms. The predicted molar refractivity (Wildman–Crippen MR) is 82.5 cm³/mol. The molecular weight excluding hydrogens is 302 g/mol. The van der Waals surface area contributed by atoms with Crippen molar-refractivity contribution in [3.8, 4) is 5.75 Å². The Balaban J connectivity index is 1.71. The predicted octanol–water partition coefficient (Wildman–Crippen LogP) is 3.70. The molecule has 2 aromatic carbocycles. The minimum Gasteiger partial charge on any atom is -0.434 e. The van der Waals surface area contributed by atoms with Gasteiger partial charge in [0.25, 0.3) is 5.91 Å². The number of halogens is 2. The molecule has 1 heterocycles. The van der Waals surface area contributed by atoms with Crippen LogP contribution in [0.5, 0.6) is 5.75 Å². The molecule has 4 nitrogen and oxygen atoms in total. The lowest BCUT2D eigenvalue weighted by atomic mass is 10.2. The molecule has 3 rings (SSSR count). The summed E-state index contributed by atoms with van der Waals surface area (Å²) in [6.45, 7) is -2.81. The van der Waals surface area contributed by atoms with Crippen LogP contribution in [0.15, 0.2) is 54.6 Å². The number of carbonyl (C=O) groups is 1. The molecule has 118 valence electrons. The van der Waals surface area contributed by atoms with Gasteiger partial charge in [-0.15, -0.1) is 0 Å². The molecular formula is C17H14F2N2O2. The number of amides is 1. The molecule has 0 saturated heterocycles. The first-order chi connectivity index (χ1) is 11.1. The fourth-order valence-corrected chi connectivity index (χ4v) is 2.33. The van der Waals surface area contributed by atoms with Gasteiger partial charge in [-0.2, -0.15) is 8.78 Å². The second kappa shape index (κ2) is 6.48. The molecule has 6 heteroatoms. The summed E-state index contributed by atoms with van der Waals surface area (Å²) < 4.78 is 29.2. The largest absolute Gasteiger partial charge is 0.434 e. The number of benzene rings is 2. The van der Waals surface area contributed by atoms with Crippen LogP contribution in [0.4, 0.5) is 8.78 Å². The van der Waals surface area contributed by atoms with Crippen LogP contribution in [0.2, 0.25) is 0 Å². The maximum Gasteiger partial charge on any atom is 0.387 e. The number of carbonyl (C=O) groups excluding carboxylic acids is 1. The Labute approximate surface area is 131 Å². The highest BCUT2D eigenvalue weighted by Crippen LogP contribution is 2.20. The Kier molecular flexibility index (Phi) is 4.23. The van der Waals surface area contributed by atoms with E-state index in [1.165, 1.54) is 6.07 Å². The molecule has 0 aliphatic heterocycles. The summed E-state index contributed by atoms with van der Waals surface area (Å²) in [4.78, 5) is 15.2. The van der Waals surface area contributed by atoms with Crippen LogP contribution in [0, 0.1) is 0 Å². The van der Waals surface area contributed by atoms with Crippen LogP contribution >= 0.6 is 0 Å². The van der Waals surface area contributed by atoms with Gasteiger partial charge in [-0.3, -0.25) is 4.79 Å². The molecule has 0 unspecified atom stereocenters. The van der Waals surface area contributed by atoms with E-state index in [1.807, 2.05) is 24.3 Å². The van der Waals surface area contributed by atoms with E-state index in [1.54, 1.807) is 24.3 Å². The highest BCUT2D eigenvalue weighted by atomic mass is 19.3. The van der Waals surface area contributed by atoms with Crippen molar-refractivity contribution in [1.29, 1.82) is 0 Å². The third-order valence-corrected chi connectivity index (χ3v) is 3.40. The lowest BCUT2D eigenvalue weighted by Crippen LogP contribution is -2.23. The average molecular weight is 316 g/mol. The summed E-state index contributed by atoms with van der Waals surface area (Å²) >= 11 is 0. The van der Waals surface area contributed by atoms with E-state index >= 15 is 0 Å². The van der Waals surface area contributed by atoms with Crippen LogP contribution < -0.4 is 10.1 Å². The number of hydrogen-bond donors (Lipinski definition) is 2. The number of aromatic nitrogens is 1. The number of ether oxygens (including phenoxy) is 1. The Morgan fingerprint density at radius 2 is 1.87 bits per heavy atom. The number of fused-ring (bicyclic) bond motifs is 1. The molecule has 0 spiro atoms. The van der Waals surface area contributed by atoms with Gasteiger partial charge >= 0.3 is 6.61 Å². The van der Waals surface area contributed by atoms with E-state index in [2.05, 4.69) is 15.0 Å². The van der Waals surface area contributed by atoms with E-state index in [4.69, 9.17) is 0 Å². The molecule has 0 atom stereocenters. The van der Waals surface area contributed by atoms with Gasteiger partial charge < -0.3 is 15.0 Å². The zero-order valence-corrected chi connectivity index (χ0v) is 12.1. The molecule has 0 aliphatic rings. The summed E-state index contributed by atoms with van der Waals surface area (Å²) in [7, 11) is 0. The third kappa shape index (κ3) is 3.48. The molecule has 0 saturated carbocycles. The van der Waals surface area contributed by atoms with E-state index in [0.29, 0.717) is 11.3 Å². The number of H-pyrrole nitrogens is 1. The Bertz CT molecular complexity index is 797. The summed E-state index contributed by atoms with van der Waals surface area (Å²) in [5.41, 5.74) is 1.76. The maximum atomic E-state index is 12.4. The number of nitrogens with one attached hydrogen (secondary N) is 2. The van der Waals surface area contributed by atoms with Crippen LogP contribution in [-0.2, 0) is 6.54 Å². The van der Waals surface area contributed by atoms with Crippen molar-refractivity contribution in [2.45, 2.75) is 13.2 Å². The Morgan fingerprint density at radius 1 is 1.13 bits per heavy atom. The van der Waals surface area contributed by atoms with Crippen LogP contribution in [0.3, 0.4) is 0 Å². The monoisotopic (exact) mass is 316 g/mol. The molecule has 0 bridgehead atoms. The molecule has 1 aromatic heterocycles. The second-order valence-corrected chi connectivity index (χ2v) is 4.94. The van der Waals surface area contributed by atoms with Crippen molar-refractivity contribution in [3.63, 3.8) is 0 Å². The Hall–Kier alpha value is -2.89. The van der Waals surface area contributed by atoms with Crippen LogP contribution in [0.25, 0.3) is 10.9 Å². The van der Waals surface area contributed by atoms with Crippen molar-refractivity contribution < 1.29 is 18.3 Å². The minimum atomic E-state index is -2.90. The topological polar surface area (TPSA) is 54.1 Å². The van der Waals surface area contributed by atoms with Crippen molar-refractivity contribution in [2.24, 2.45) is 0 Å². The summed E-state index contributed by atoms with van der Waals surface area (Å²) in [6.07, 6.45) is 0. The maximum absolute atomic E-state index is 12.4. The first-order valence-electron chi connectivity index (χ1n) is 7.02. The van der Waals surface area contributed by atoms with Gasteiger partial charge in [-0.25, -0.2) is 0 Å². The van der Waals surface area contributed by atoms with Crippen molar-refractivity contribution in [1.82, 2.24) is 10.3 Å². The van der Waals surface area contributed by atoms with Gasteiger partial charge in [-0.1, -0.05) is 36.4 Å². The van der Waals surface area contributed by atoms with E-state index in [-0.39, 0.29) is 18.2 Å². The first-order valence-corrected chi connectivity index (χ1v) is 7.02. The standard InChI is InChI=1S/C17H14F2N2O2/c18-17(19)23-15-8-4-2-6-12(15)10-20-16(22)14-9-11-5-1-3-7-13(11)21-14/h1-9,17,21H,10H2,(H,20,22). The molecule has 0 aliphatic carbocycles. The highest BCUT2D eigenvalue weighted by Gasteiger charge is 2.12. The van der Waals surface area contributed by atoms with Gasteiger partial charge in [0.15, 0.2) is 0 Å². The van der Waals surface area contributed by atoms with Gasteiger partial charge in [0.1, 0.15) is 11.4 Å². The quantitative estimate of drug-likeness (QED) is 0.754. The van der Waals surface area contributed by atoms with Crippen molar-refractivity contribution in [2.75, 3.05) is 0 Å². The summed E-state index contributed by atoms with van der Waals surface area (Å²) in [5, 5.41) is 3.62. The van der Waals surface area contributed by atoms with Crippen molar-refractivity contribution >= 4 is 16.8 Å². The number of alkyl halides is 2. The zero-order chi connectivity index (χ0) is 16.2. The number of hydrogen-bond acceptors (Lipinski definition) is 2. The first kappa shape index (κ1) is 15.0. The zero-order valence-electron chi connectivity index (χ0n) is 12.1. The molecule has 0 fully saturated rings. The highest BCUT2D eigenvalue weighted by molar-refractivity contribution is 5.97. The van der Waals surface area contributed by atoms with Gasteiger partial charge in [-0.05, 0) is 18.2 Å². The fourth-order valence-electron chi connectivity index (χ4n) is 2.33. The third-order valence-electron chi connectivity index (χ3n) is 3.40. The SMILES string of the molecule is O=C(NCc1ccccc1OC(F)F)c1cc2ccccc2[nH]1. The van der Waals surface area contributed by atoms with Crippen LogP contribution in [-0.4, -0.2) is 17.5 Å². The summed E-state index contributed by atoms with van der Waals surface area (Å²) in [6, 6.07) is 15.6. The average Bonchev–Trinajstić information content (AvgIpc) is 2.97. The fraction of sp³-hybridized carbons (Fsp3) is 0.118.